The monoisotopic (exact) mass is 444 g/mol. The molecule has 5 rings (SSSR count). The quantitative estimate of drug-likeness (QED) is 0.454. The van der Waals surface area contributed by atoms with Crippen molar-refractivity contribution >= 4 is 0 Å². The minimum absolute atomic E-state index is 0.103. The third kappa shape index (κ3) is 2.72. The van der Waals surface area contributed by atoms with Gasteiger partial charge in [0, 0.05) is 5.41 Å². The van der Waals surface area contributed by atoms with Crippen LogP contribution in [0.2, 0.25) is 0 Å². The summed E-state index contributed by atoms with van der Waals surface area (Å²) in [6, 6.07) is 0. The van der Waals surface area contributed by atoms with E-state index >= 15 is 0 Å². The minimum atomic E-state index is -0.575. The Balaban J connectivity index is 1.57. The number of fused-ring (bicyclic) bond motifs is 7. The Kier molecular flexibility index (Phi) is 5.17. The molecule has 5 aliphatic carbocycles. The van der Waals surface area contributed by atoms with Crippen LogP contribution in [0.4, 0.5) is 0 Å². The third-order valence-corrected chi connectivity index (χ3v) is 13.6. The summed E-state index contributed by atoms with van der Waals surface area (Å²) in [6.07, 6.45) is 10.4. The first-order valence-corrected chi connectivity index (χ1v) is 14.1. The average Bonchev–Trinajstić information content (AvgIpc) is 3.04. The summed E-state index contributed by atoms with van der Waals surface area (Å²) in [4.78, 5) is 0. The van der Waals surface area contributed by atoms with Crippen molar-refractivity contribution in [1.29, 1.82) is 0 Å². The van der Waals surface area contributed by atoms with Crippen molar-refractivity contribution in [1.82, 2.24) is 0 Å². The van der Waals surface area contributed by atoms with E-state index in [0.29, 0.717) is 22.7 Å². The van der Waals surface area contributed by atoms with E-state index in [1.54, 1.807) is 0 Å². The number of rotatable bonds is 1. The van der Waals surface area contributed by atoms with E-state index in [0.717, 1.165) is 30.1 Å². The average molecular weight is 445 g/mol. The van der Waals surface area contributed by atoms with Gasteiger partial charge in [-0.2, -0.15) is 0 Å². The first kappa shape index (κ1) is 23.7. The predicted octanol–water partition coefficient (Wildman–Crippen LogP) is 7.08. The second-order valence-corrected chi connectivity index (χ2v) is 15.4. The van der Waals surface area contributed by atoms with Gasteiger partial charge in [-0.3, -0.25) is 0 Å². The van der Waals surface area contributed by atoms with Crippen LogP contribution < -0.4 is 0 Å². The molecular weight excluding hydrogens is 392 g/mol. The van der Waals surface area contributed by atoms with E-state index < -0.39 is 12.2 Å². The molecule has 5 aliphatic rings. The maximum Gasteiger partial charge on any atom is 0.0858 e. The maximum absolute atomic E-state index is 11.6. The van der Waals surface area contributed by atoms with Gasteiger partial charge < -0.3 is 10.2 Å². The second kappa shape index (κ2) is 6.99. The summed E-state index contributed by atoms with van der Waals surface area (Å²) in [5.41, 5.74) is 1.10. The van der Waals surface area contributed by atoms with E-state index in [9.17, 15) is 10.2 Å². The fourth-order valence-electron chi connectivity index (χ4n) is 11.9. The van der Waals surface area contributed by atoms with Gasteiger partial charge in [-0.25, -0.2) is 0 Å². The summed E-state index contributed by atoms with van der Waals surface area (Å²) in [5.74, 6) is 4.41. The fraction of sp³-hybridized carbons (Fsp3) is 1.00. The van der Waals surface area contributed by atoms with E-state index in [4.69, 9.17) is 0 Å². The molecule has 0 unspecified atom stereocenters. The molecule has 0 aromatic heterocycles. The molecule has 0 bridgehead atoms. The lowest BCUT2D eigenvalue weighted by molar-refractivity contribution is -0.276. The fourth-order valence-corrected chi connectivity index (χ4v) is 11.9. The Labute approximate surface area is 198 Å². The second-order valence-electron chi connectivity index (χ2n) is 15.4. The van der Waals surface area contributed by atoms with E-state index in [1.807, 2.05) is 0 Å². The van der Waals surface area contributed by atoms with Gasteiger partial charge in [0.15, 0.2) is 0 Å². The van der Waals surface area contributed by atoms with Crippen molar-refractivity contribution in [3.8, 4) is 0 Å². The van der Waals surface area contributed by atoms with Crippen LogP contribution in [0.15, 0.2) is 0 Å². The normalized spacial score (nSPS) is 59.2. The smallest absolute Gasteiger partial charge is 0.0858 e. The van der Waals surface area contributed by atoms with Crippen molar-refractivity contribution < 1.29 is 10.2 Å². The van der Waals surface area contributed by atoms with Crippen molar-refractivity contribution in [3.63, 3.8) is 0 Å². The Morgan fingerprint density at radius 1 is 0.719 bits per heavy atom. The molecule has 32 heavy (non-hydrogen) atoms. The summed E-state index contributed by atoms with van der Waals surface area (Å²) in [5, 5.41) is 22.5. The van der Waals surface area contributed by atoms with Gasteiger partial charge in [-0.15, -0.1) is 0 Å². The molecule has 11 atom stereocenters. The summed E-state index contributed by atoms with van der Waals surface area (Å²) in [7, 11) is 0. The molecule has 0 spiro atoms. The van der Waals surface area contributed by atoms with Gasteiger partial charge in [0.2, 0.25) is 0 Å². The maximum atomic E-state index is 11.6. The molecule has 0 aliphatic heterocycles. The standard InChI is InChI=1S/C30H52O2/c1-18(2)19-11-13-27(5)15-16-28(6)20(24(19)27)9-10-23-29(28,7)14-12-22-26(3,4)17-21(31)25(32)30(22,23)8/h18-25,31-32H,9-17H2,1-8H3/t19-,20+,21+,22-,23-,24+,25-,27+,28+,29-,30-/m0/s1. The van der Waals surface area contributed by atoms with E-state index in [-0.39, 0.29) is 16.2 Å². The van der Waals surface area contributed by atoms with Gasteiger partial charge in [0.1, 0.15) is 0 Å². The molecule has 2 N–H and O–H groups in total. The SMILES string of the molecule is CC(C)[C@@H]1CC[C@]2(C)CC[C@]3(C)[C@H](CC[C@@H]4[C@@]5(C)[C@@H](O)[C@H](O)CC(C)(C)[C@@H]5CC[C@@]43C)[C@@H]12. The van der Waals surface area contributed by atoms with Crippen molar-refractivity contribution in [2.45, 2.75) is 125 Å². The molecule has 0 heterocycles. The van der Waals surface area contributed by atoms with Crippen LogP contribution in [0.1, 0.15) is 113 Å². The Morgan fingerprint density at radius 3 is 2.06 bits per heavy atom. The predicted molar refractivity (Wildman–Crippen MR) is 132 cm³/mol. The highest BCUT2D eigenvalue weighted by atomic mass is 16.3. The van der Waals surface area contributed by atoms with Gasteiger partial charge in [0.05, 0.1) is 12.2 Å². The van der Waals surface area contributed by atoms with Crippen LogP contribution in [-0.2, 0) is 0 Å². The largest absolute Gasteiger partial charge is 0.390 e. The number of aliphatic hydroxyl groups is 2. The summed E-state index contributed by atoms with van der Waals surface area (Å²) in [6.45, 7) is 20.0. The molecular formula is C30H52O2. The zero-order chi connectivity index (χ0) is 23.5. The number of aliphatic hydroxyl groups excluding tert-OH is 2. The molecule has 0 aromatic rings. The lowest BCUT2D eigenvalue weighted by Crippen LogP contribution is -2.69. The van der Waals surface area contributed by atoms with Crippen LogP contribution >= 0.6 is 0 Å². The zero-order valence-electron chi connectivity index (χ0n) is 22.4. The third-order valence-electron chi connectivity index (χ3n) is 13.6. The highest BCUT2D eigenvalue weighted by Gasteiger charge is 2.71. The molecule has 2 heteroatoms. The Hall–Kier alpha value is -0.0800. The molecule has 5 saturated carbocycles. The van der Waals surface area contributed by atoms with Crippen LogP contribution in [0, 0.1) is 62.6 Å². The van der Waals surface area contributed by atoms with Gasteiger partial charge in [0.25, 0.3) is 0 Å². The summed E-state index contributed by atoms with van der Waals surface area (Å²) < 4.78 is 0. The topological polar surface area (TPSA) is 40.5 Å². The van der Waals surface area contributed by atoms with Crippen LogP contribution in [0.3, 0.4) is 0 Å². The van der Waals surface area contributed by atoms with Crippen LogP contribution in [0.25, 0.3) is 0 Å². The number of hydrogen-bond acceptors (Lipinski definition) is 2. The van der Waals surface area contributed by atoms with Gasteiger partial charge >= 0.3 is 0 Å². The zero-order valence-corrected chi connectivity index (χ0v) is 22.4. The van der Waals surface area contributed by atoms with Gasteiger partial charge in [-0.1, -0.05) is 55.4 Å². The van der Waals surface area contributed by atoms with E-state index in [1.165, 1.54) is 51.4 Å². The van der Waals surface area contributed by atoms with Gasteiger partial charge in [-0.05, 0) is 115 Å². The highest BCUT2D eigenvalue weighted by molar-refractivity contribution is 5.20. The van der Waals surface area contributed by atoms with Crippen LogP contribution in [0.5, 0.6) is 0 Å². The Bertz CT molecular complexity index is 758. The molecule has 0 radical (unpaired) electrons. The van der Waals surface area contributed by atoms with Crippen molar-refractivity contribution in [3.05, 3.63) is 0 Å². The molecule has 5 fully saturated rings. The molecule has 0 saturated heterocycles. The highest BCUT2D eigenvalue weighted by Crippen LogP contribution is 2.77. The van der Waals surface area contributed by atoms with Crippen LogP contribution in [-0.4, -0.2) is 22.4 Å². The van der Waals surface area contributed by atoms with Crippen molar-refractivity contribution in [2.75, 3.05) is 0 Å². The van der Waals surface area contributed by atoms with Crippen molar-refractivity contribution in [2.24, 2.45) is 62.6 Å². The first-order chi connectivity index (χ1) is 14.7. The molecule has 0 aromatic carbocycles. The van der Waals surface area contributed by atoms with E-state index in [2.05, 4.69) is 55.4 Å². The lowest BCUT2D eigenvalue weighted by atomic mass is 9.32. The first-order valence-electron chi connectivity index (χ1n) is 14.1. The molecule has 0 amide bonds. The molecule has 2 nitrogen and oxygen atoms in total. The summed E-state index contributed by atoms with van der Waals surface area (Å²) >= 11 is 0. The number of hydrogen-bond donors (Lipinski definition) is 2. The lowest BCUT2D eigenvalue weighted by Gasteiger charge is -2.73. The minimum Gasteiger partial charge on any atom is -0.390 e. The Morgan fingerprint density at radius 2 is 1.41 bits per heavy atom. The molecule has 184 valence electrons.